The number of para-hydroxylation sites is 1. The molecule has 0 N–H and O–H groups in total. The number of nitrogens with zero attached hydrogens (tertiary/aromatic N) is 2. The van der Waals surface area contributed by atoms with Gasteiger partial charge in [0.05, 0.1) is 16.6 Å². The van der Waals surface area contributed by atoms with Crippen molar-refractivity contribution in [3.05, 3.63) is 93.4 Å². The van der Waals surface area contributed by atoms with Crippen molar-refractivity contribution >= 4 is 26.8 Å². The van der Waals surface area contributed by atoms with Gasteiger partial charge in [-0.25, -0.2) is 4.98 Å². The highest BCUT2D eigenvalue weighted by molar-refractivity contribution is 9.10. The van der Waals surface area contributed by atoms with Crippen molar-refractivity contribution in [2.24, 2.45) is 0 Å². The number of benzene rings is 3. The molecule has 0 saturated carbocycles. The van der Waals surface area contributed by atoms with Crippen LogP contribution in [-0.2, 0) is 0 Å². The van der Waals surface area contributed by atoms with E-state index in [1.54, 1.807) is 10.6 Å². The fraction of sp³-hybridized carbons (Fsp3) is 0.0476. The Balaban J connectivity index is 1.75. The largest absolute Gasteiger partial charge is 0.457 e. The highest BCUT2D eigenvalue weighted by Crippen LogP contribution is 2.23. The maximum atomic E-state index is 12.9. The molecule has 0 bridgehead atoms. The summed E-state index contributed by atoms with van der Waals surface area (Å²) in [7, 11) is 0. The third kappa shape index (κ3) is 3.13. The second-order valence-corrected chi connectivity index (χ2v) is 6.79. The lowest BCUT2D eigenvalue weighted by Crippen LogP contribution is -2.22. The Morgan fingerprint density at radius 2 is 1.62 bits per heavy atom. The quantitative estimate of drug-likeness (QED) is 0.466. The van der Waals surface area contributed by atoms with Crippen LogP contribution in [0.25, 0.3) is 16.6 Å². The minimum atomic E-state index is -0.0921. The summed E-state index contributed by atoms with van der Waals surface area (Å²) >= 11 is 3.41. The Hall–Kier alpha value is -2.92. The fourth-order valence-corrected chi connectivity index (χ4v) is 3.22. The molecule has 0 saturated heterocycles. The van der Waals surface area contributed by atoms with Crippen LogP contribution in [0.4, 0.5) is 0 Å². The lowest BCUT2D eigenvalue weighted by atomic mass is 10.2. The summed E-state index contributed by atoms with van der Waals surface area (Å²) in [5.41, 5.74) is 1.35. The van der Waals surface area contributed by atoms with Gasteiger partial charge >= 0.3 is 0 Å². The van der Waals surface area contributed by atoms with Crippen LogP contribution >= 0.6 is 15.9 Å². The SMILES string of the molecule is Cc1nc2ccc(Br)cc2c(=O)n1-c1ccc(Oc2ccccc2)cc1. The summed E-state index contributed by atoms with van der Waals surface area (Å²) in [5.74, 6) is 2.12. The van der Waals surface area contributed by atoms with Crippen LogP contribution in [0.5, 0.6) is 11.5 Å². The molecule has 4 rings (SSSR count). The number of fused-ring (bicyclic) bond motifs is 1. The second kappa shape index (κ2) is 6.77. The fourth-order valence-electron chi connectivity index (χ4n) is 2.86. The lowest BCUT2D eigenvalue weighted by Gasteiger charge is -2.12. The van der Waals surface area contributed by atoms with Crippen LogP contribution < -0.4 is 10.3 Å². The average Bonchev–Trinajstić information content (AvgIpc) is 2.65. The molecule has 1 heterocycles. The number of hydrogen-bond acceptors (Lipinski definition) is 3. The van der Waals surface area contributed by atoms with Crippen molar-refractivity contribution in [2.75, 3.05) is 0 Å². The normalized spacial score (nSPS) is 10.8. The van der Waals surface area contributed by atoms with E-state index in [2.05, 4.69) is 20.9 Å². The molecule has 0 aliphatic heterocycles. The van der Waals surface area contributed by atoms with Gasteiger partial charge in [0.1, 0.15) is 17.3 Å². The molecule has 0 radical (unpaired) electrons. The van der Waals surface area contributed by atoms with Crippen molar-refractivity contribution in [1.29, 1.82) is 0 Å². The van der Waals surface area contributed by atoms with E-state index in [9.17, 15) is 4.79 Å². The molecule has 3 aromatic carbocycles. The number of aromatic nitrogens is 2. The summed E-state index contributed by atoms with van der Waals surface area (Å²) < 4.78 is 8.27. The monoisotopic (exact) mass is 406 g/mol. The molecular weight excluding hydrogens is 392 g/mol. The van der Waals surface area contributed by atoms with Crippen LogP contribution in [0, 0.1) is 6.92 Å². The molecule has 26 heavy (non-hydrogen) atoms. The molecule has 0 amide bonds. The van der Waals surface area contributed by atoms with Crippen LogP contribution in [0.2, 0.25) is 0 Å². The molecule has 128 valence electrons. The summed E-state index contributed by atoms with van der Waals surface area (Å²) in [5, 5.41) is 0.578. The molecule has 0 atom stereocenters. The first kappa shape index (κ1) is 16.5. The molecule has 0 aliphatic carbocycles. The highest BCUT2D eigenvalue weighted by atomic mass is 79.9. The van der Waals surface area contributed by atoms with E-state index in [-0.39, 0.29) is 5.56 Å². The predicted octanol–water partition coefficient (Wildman–Crippen LogP) is 5.25. The van der Waals surface area contributed by atoms with Crippen molar-refractivity contribution in [3.8, 4) is 17.2 Å². The summed E-state index contributed by atoms with van der Waals surface area (Å²) in [6, 6.07) is 22.5. The van der Waals surface area contributed by atoms with E-state index >= 15 is 0 Å². The van der Waals surface area contributed by atoms with Crippen molar-refractivity contribution < 1.29 is 4.74 Å². The third-order valence-electron chi connectivity index (χ3n) is 4.07. The summed E-state index contributed by atoms with van der Waals surface area (Å²) in [6.07, 6.45) is 0. The Bertz CT molecular complexity index is 1140. The molecule has 0 aliphatic rings. The topological polar surface area (TPSA) is 44.1 Å². The van der Waals surface area contributed by atoms with E-state index in [4.69, 9.17) is 4.74 Å². The smallest absolute Gasteiger partial charge is 0.265 e. The number of ether oxygens (including phenoxy) is 1. The first-order chi connectivity index (χ1) is 12.6. The standard InChI is InChI=1S/C21H15BrN2O2/c1-14-23-20-12-7-15(22)13-19(20)21(25)24(14)16-8-10-18(11-9-16)26-17-5-3-2-4-6-17/h2-13H,1H3. The zero-order chi connectivity index (χ0) is 18.1. The van der Waals surface area contributed by atoms with Gasteiger partial charge in [0, 0.05) is 4.47 Å². The van der Waals surface area contributed by atoms with Gasteiger partial charge in [0.25, 0.3) is 5.56 Å². The average molecular weight is 407 g/mol. The molecule has 4 nitrogen and oxygen atoms in total. The molecule has 1 aromatic heterocycles. The number of halogens is 1. The Morgan fingerprint density at radius 1 is 0.923 bits per heavy atom. The van der Waals surface area contributed by atoms with Gasteiger partial charge in [-0.3, -0.25) is 9.36 Å². The molecule has 0 spiro atoms. The minimum Gasteiger partial charge on any atom is -0.457 e. The minimum absolute atomic E-state index is 0.0921. The van der Waals surface area contributed by atoms with E-state index in [1.807, 2.05) is 73.7 Å². The third-order valence-corrected chi connectivity index (χ3v) is 4.57. The Labute approximate surface area is 158 Å². The first-order valence-corrected chi connectivity index (χ1v) is 8.93. The summed E-state index contributed by atoms with van der Waals surface area (Å²) in [4.78, 5) is 17.5. The molecular formula is C21H15BrN2O2. The van der Waals surface area contributed by atoms with Gasteiger partial charge < -0.3 is 4.74 Å². The Kier molecular flexibility index (Phi) is 4.31. The van der Waals surface area contributed by atoms with Gasteiger partial charge in [0.15, 0.2) is 0 Å². The number of hydrogen-bond donors (Lipinski definition) is 0. The maximum Gasteiger partial charge on any atom is 0.265 e. The predicted molar refractivity (Wildman–Crippen MR) is 106 cm³/mol. The van der Waals surface area contributed by atoms with Crippen molar-refractivity contribution in [3.63, 3.8) is 0 Å². The van der Waals surface area contributed by atoms with Crippen LogP contribution in [0.15, 0.2) is 82.1 Å². The molecule has 4 aromatic rings. The zero-order valence-corrected chi connectivity index (χ0v) is 15.6. The maximum absolute atomic E-state index is 12.9. The van der Waals surface area contributed by atoms with E-state index in [0.717, 1.165) is 15.9 Å². The van der Waals surface area contributed by atoms with Gasteiger partial charge in [-0.1, -0.05) is 34.1 Å². The number of aryl methyl sites for hydroxylation is 1. The van der Waals surface area contributed by atoms with Crippen molar-refractivity contribution in [1.82, 2.24) is 9.55 Å². The molecule has 0 unspecified atom stereocenters. The summed E-state index contributed by atoms with van der Waals surface area (Å²) in [6.45, 7) is 1.83. The second-order valence-electron chi connectivity index (χ2n) is 5.87. The number of rotatable bonds is 3. The van der Waals surface area contributed by atoms with Crippen LogP contribution in [-0.4, -0.2) is 9.55 Å². The van der Waals surface area contributed by atoms with Gasteiger partial charge in [-0.2, -0.15) is 0 Å². The van der Waals surface area contributed by atoms with Gasteiger partial charge in [0.2, 0.25) is 0 Å². The Morgan fingerprint density at radius 3 is 2.35 bits per heavy atom. The first-order valence-electron chi connectivity index (χ1n) is 8.14. The lowest BCUT2D eigenvalue weighted by molar-refractivity contribution is 0.482. The van der Waals surface area contributed by atoms with Crippen molar-refractivity contribution in [2.45, 2.75) is 6.92 Å². The molecule has 0 fully saturated rings. The van der Waals surface area contributed by atoms with E-state index < -0.39 is 0 Å². The van der Waals surface area contributed by atoms with E-state index in [1.165, 1.54) is 0 Å². The van der Waals surface area contributed by atoms with Gasteiger partial charge in [-0.05, 0) is 61.5 Å². The van der Waals surface area contributed by atoms with E-state index in [0.29, 0.717) is 22.5 Å². The highest BCUT2D eigenvalue weighted by Gasteiger charge is 2.10. The van der Waals surface area contributed by atoms with Crippen LogP contribution in [0.3, 0.4) is 0 Å². The van der Waals surface area contributed by atoms with Crippen LogP contribution in [0.1, 0.15) is 5.82 Å². The zero-order valence-electron chi connectivity index (χ0n) is 14.0. The van der Waals surface area contributed by atoms with Gasteiger partial charge in [-0.15, -0.1) is 0 Å². The molecule has 5 heteroatoms.